The molecular weight excluding hydrogens is 254 g/mol. The van der Waals surface area contributed by atoms with Crippen LogP contribution in [0.5, 0.6) is 5.75 Å². The maximum absolute atomic E-state index is 11.2. The van der Waals surface area contributed by atoms with Crippen LogP contribution in [0.15, 0.2) is 18.2 Å². The lowest BCUT2D eigenvalue weighted by atomic mass is 10.1. The molecule has 0 saturated heterocycles. The molecule has 1 atom stereocenters. The molecule has 0 aromatic heterocycles. The number of carbonyl (C=O) groups is 1. The highest BCUT2D eigenvalue weighted by Gasteiger charge is 2.19. The number of carboxylic acid groups (broad SMARTS) is 1. The highest BCUT2D eigenvalue weighted by atomic mass is 16.5. The Balaban J connectivity index is 2.89. The Labute approximate surface area is 121 Å². The van der Waals surface area contributed by atoms with Gasteiger partial charge in [-0.05, 0) is 19.4 Å². The van der Waals surface area contributed by atoms with Crippen LogP contribution in [0.1, 0.15) is 44.7 Å². The highest BCUT2D eigenvalue weighted by molar-refractivity contribution is 5.72. The molecule has 0 fully saturated rings. The molecule has 0 spiro atoms. The molecule has 0 aliphatic carbocycles. The second-order valence-electron chi connectivity index (χ2n) is 5.38. The number of carboxylic acids is 1. The summed E-state index contributed by atoms with van der Waals surface area (Å²) in [6.45, 7) is 8.80. The minimum Gasteiger partial charge on any atom is -0.479 e. The summed E-state index contributed by atoms with van der Waals surface area (Å²) in [5.74, 6) is -0.250. The summed E-state index contributed by atoms with van der Waals surface area (Å²) in [5, 5.41) is 12.5. The summed E-state index contributed by atoms with van der Waals surface area (Å²) in [6.07, 6.45) is 0.517. The van der Waals surface area contributed by atoms with Gasteiger partial charge in [0.2, 0.25) is 0 Å². The standard InChI is InChI=1S/C16H25NO3/c1-5-6-15(16(18)19)20-14-8-7-12(4)9-13(14)10-17-11(2)3/h7-9,11,15,17H,5-6,10H2,1-4H3,(H,18,19). The van der Waals surface area contributed by atoms with E-state index in [0.29, 0.717) is 24.8 Å². The molecule has 1 unspecified atom stereocenters. The number of benzene rings is 1. The monoisotopic (exact) mass is 279 g/mol. The second-order valence-corrected chi connectivity index (χ2v) is 5.38. The predicted molar refractivity (Wildman–Crippen MR) is 80.1 cm³/mol. The fourth-order valence-electron chi connectivity index (χ4n) is 1.92. The van der Waals surface area contributed by atoms with Crippen molar-refractivity contribution in [2.45, 2.75) is 59.2 Å². The van der Waals surface area contributed by atoms with Crippen LogP contribution in [-0.4, -0.2) is 23.2 Å². The summed E-state index contributed by atoms with van der Waals surface area (Å²) >= 11 is 0. The minimum absolute atomic E-state index is 0.370. The van der Waals surface area contributed by atoms with Gasteiger partial charge in [0, 0.05) is 18.2 Å². The van der Waals surface area contributed by atoms with Crippen LogP contribution in [0, 0.1) is 6.92 Å². The Kier molecular flexibility index (Phi) is 6.52. The van der Waals surface area contributed by atoms with Crippen molar-refractivity contribution in [1.29, 1.82) is 0 Å². The van der Waals surface area contributed by atoms with Gasteiger partial charge in [0.25, 0.3) is 0 Å². The molecule has 0 aliphatic heterocycles. The van der Waals surface area contributed by atoms with E-state index >= 15 is 0 Å². The molecule has 4 heteroatoms. The maximum Gasteiger partial charge on any atom is 0.344 e. The first-order chi connectivity index (χ1) is 9.43. The topological polar surface area (TPSA) is 58.6 Å². The summed E-state index contributed by atoms with van der Waals surface area (Å²) < 4.78 is 5.70. The predicted octanol–water partition coefficient (Wildman–Crippen LogP) is 3.13. The van der Waals surface area contributed by atoms with E-state index in [9.17, 15) is 9.90 Å². The zero-order valence-electron chi connectivity index (χ0n) is 12.8. The molecule has 0 amide bonds. The van der Waals surface area contributed by atoms with Crippen LogP contribution in [-0.2, 0) is 11.3 Å². The van der Waals surface area contributed by atoms with E-state index in [1.54, 1.807) is 0 Å². The largest absolute Gasteiger partial charge is 0.479 e. The Morgan fingerprint density at radius 2 is 2.10 bits per heavy atom. The molecule has 2 N–H and O–H groups in total. The van der Waals surface area contributed by atoms with Gasteiger partial charge in [0.05, 0.1) is 0 Å². The van der Waals surface area contributed by atoms with E-state index in [1.807, 2.05) is 32.0 Å². The van der Waals surface area contributed by atoms with Crippen molar-refractivity contribution in [3.05, 3.63) is 29.3 Å². The van der Waals surface area contributed by atoms with Crippen molar-refractivity contribution >= 4 is 5.97 Å². The third kappa shape index (κ3) is 5.21. The first-order valence-corrected chi connectivity index (χ1v) is 7.16. The normalized spacial score (nSPS) is 12.4. The molecule has 1 aromatic rings. The van der Waals surface area contributed by atoms with E-state index in [-0.39, 0.29) is 0 Å². The lowest BCUT2D eigenvalue weighted by Gasteiger charge is -2.18. The SMILES string of the molecule is CCCC(Oc1ccc(C)cc1CNC(C)C)C(=O)O. The van der Waals surface area contributed by atoms with Gasteiger partial charge in [0.1, 0.15) is 5.75 Å². The summed E-state index contributed by atoms with van der Waals surface area (Å²) in [6, 6.07) is 6.21. The van der Waals surface area contributed by atoms with Crippen molar-refractivity contribution in [3.8, 4) is 5.75 Å². The van der Waals surface area contributed by atoms with Crippen molar-refractivity contribution < 1.29 is 14.6 Å². The third-order valence-electron chi connectivity index (χ3n) is 3.01. The Bertz CT molecular complexity index is 443. The van der Waals surface area contributed by atoms with Crippen LogP contribution in [0.2, 0.25) is 0 Å². The van der Waals surface area contributed by atoms with Crippen molar-refractivity contribution in [2.24, 2.45) is 0 Å². The maximum atomic E-state index is 11.2. The molecule has 1 aromatic carbocycles. The van der Waals surface area contributed by atoms with Gasteiger partial charge >= 0.3 is 5.97 Å². The number of aryl methyl sites for hydroxylation is 1. The van der Waals surface area contributed by atoms with Crippen LogP contribution in [0.3, 0.4) is 0 Å². The van der Waals surface area contributed by atoms with Gasteiger partial charge < -0.3 is 15.2 Å². The number of hydrogen-bond acceptors (Lipinski definition) is 3. The number of ether oxygens (including phenoxy) is 1. The average molecular weight is 279 g/mol. The zero-order chi connectivity index (χ0) is 15.1. The second kappa shape index (κ2) is 7.90. The Morgan fingerprint density at radius 1 is 1.40 bits per heavy atom. The van der Waals surface area contributed by atoms with Gasteiger partial charge in [-0.3, -0.25) is 0 Å². The zero-order valence-corrected chi connectivity index (χ0v) is 12.8. The quantitative estimate of drug-likeness (QED) is 0.767. The number of nitrogens with one attached hydrogen (secondary N) is 1. The molecule has 1 rings (SSSR count). The van der Waals surface area contributed by atoms with Crippen LogP contribution in [0.25, 0.3) is 0 Å². The molecule has 0 aliphatic rings. The summed E-state index contributed by atoms with van der Waals surface area (Å²) in [4.78, 5) is 11.2. The molecule has 112 valence electrons. The molecular formula is C16H25NO3. The lowest BCUT2D eigenvalue weighted by molar-refractivity contribution is -0.145. The average Bonchev–Trinajstić information content (AvgIpc) is 2.37. The molecule has 20 heavy (non-hydrogen) atoms. The lowest BCUT2D eigenvalue weighted by Crippen LogP contribution is -2.28. The van der Waals surface area contributed by atoms with Gasteiger partial charge in [-0.15, -0.1) is 0 Å². The summed E-state index contributed by atoms with van der Waals surface area (Å²) in [5.41, 5.74) is 2.14. The van der Waals surface area contributed by atoms with Crippen LogP contribution >= 0.6 is 0 Å². The van der Waals surface area contributed by atoms with Crippen molar-refractivity contribution in [3.63, 3.8) is 0 Å². The molecule has 0 saturated carbocycles. The molecule has 0 heterocycles. The third-order valence-corrected chi connectivity index (χ3v) is 3.01. The van der Waals surface area contributed by atoms with E-state index in [0.717, 1.165) is 17.5 Å². The van der Waals surface area contributed by atoms with Crippen LogP contribution < -0.4 is 10.1 Å². The smallest absolute Gasteiger partial charge is 0.344 e. The fourth-order valence-corrected chi connectivity index (χ4v) is 1.92. The highest BCUT2D eigenvalue weighted by Crippen LogP contribution is 2.22. The van der Waals surface area contributed by atoms with Crippen LogP contribution in [0.4, 0.5) is 0 Å². The van der Waals surface area contributed by atoms with E-state index in [2.05, 4.69) is 19.2 Å². The molecule has 4 nitrogen and oxygen atoms in total. The number of aliphatic carboxylic acids is 1. The number of hydrogen-bond donors (Lipinski definition) is 2. The summed E-state index contributed by atoms with van der Waals surface area (Å²) in [7, 11) is 0. The van der Waals surface area contributed by atoms with Gasteiger partial charge in [-0.2, -0.15) is 0 Å². The van der Waals surface area contributed by atoms with E-state index in [4.69, 9.17) is 4.74 Å². The van der Waals surface area contributed by atoms with Gasteiger partial charge in [0.15, 0.2) is 6.10 Å². The van der Waals surface area contributed by atoms with Crippen molar-refractivity contribution in [1.82, 2.24) is 5.32 Å². The fraction of sp³-hybridized carbons (Fsp3) is 0.562. The first-order valence-electron chi connectivity index (χ1n) is 7.16. The van der Waals surface area contributed by atoms with E-state index in [1.165, 1.54) is 0 Å². The van der Waals surface area contributed by atoms with Crippen molar-refractivity contribution in [2.75, 3.05) is 0 Å². The Hall–Kier alpha value is -1.55. The van der Waals surface area contributed by atoms with Gasteiger partial charge in [-0.1, -0.05) is 44.9 Å². The van der Waals surface area contributed by atoms with E-state index < -0.39 is 12.1 Å². The molecule has 0 bridgehead atoms. The number of rotatable bonds is 8. The first kappa shape index (κ1) is 16.5. The van der Waals surface area contributed by atoms with Gasteiger partial charge in [-0.25, -0.2) is 4.79 Å². The Morgan fingerprint density at radius 3 is 2.65 bits per heavy atom. The minimum atomic E-state index is -0.907. The molecule has 0 radical (unpaired) electrons.